The molecule has 3 heterocycles. The first-order valence-corrected chi connectivity index (χ1v) is 22.8. The Morgan fingerprint density at radius 2 is 0.682 bits per heavy atom. The molecule has 2 heteroatoms. The van der Waals surface area contributed by atoms with Crippen molar-refractivity contribution in [3.8, 4) is 78.1 Å². The molecule has 2 aromatic heterocycles. The van der Waals surface area contributed by atoms with Gasteiger partial charge in [-0.15, -0.1) is 0 Å². The number of nitrogens with zero attached hydrogens (tertiary/aromatic N) is 2. The molecule has 0 spiro atoms. The Labute approximate surface area is 382 Å². The molecule has 0 unspecified atom stereocenters. The molecule has 0 amide bonds. The first-order valence-electron chi connectivity index (χ1n) is 22.8. The summed E-state index contributed by atoms with van der Waals surface area (Å²) in [5.41, 5.74) is 22.0. The average Bonchev–Trinajstić information content (AvgIpc) is 3.87. The highest BCUT2D eigenvalue weighted by molar-refractivity contribution is 6.18. The van der Waals surface area contributed by atoms with Gasteiger partial charge in [0.2, 0.25) is 0 Å². The van der Waals surface area contributed by atoms with Crippen LogP contribution in [0.3, 0.4) is 0 Å². The quantitative estimate of drug-likeness (QED) is 0.163. The van der Waals surface area contributed by atoms with Crippen LogP contribution in [-0.4, -0.2) is 9.13 Å². The second kappa shape index (κ2) is 14.4. The van der Waals surface area contributed by atoms with Gasteiger partial charge >= 0.3 is 0 Å². The van der Waals surface area contributed by atoms with Crippen molar-refractivity contribution in [2.75, 3.05) is 0 Å². The van der Waals surface area contributed by atoms with Crippen LogP contribution in [0.4, 0.5) is 0 Å². The molecule has 0 radical (unpaired) electrons. The van der Waals surface area contributed by atoms with E-state index in [9.17, 15) is 0 Å². The summed E-state index contributed by atoms with van der Waals surface area (Å²) < 4.78 is 4.93. The lowest BCUT2D eigenvalue weighted by Crippen LogP contribution is -1.96. The Balaban J connectivity index is 0.834. The van der Waals surface area contributed by atoms with Crippen molar-refractivity contribution in [3.05, 3.63) is 243 Å². The predicted molar refractivity (Wildman–Crippen MR) is 279 cm³/mol. The summed E-state index contributed by atoms with van der Waals surface area (Å²) >= 11 is 0. The third-order valence-electron chi connectivity index (χ3n) is 14.1. The largest absolute Gasteiger partial charge is 0.309 e. The van der Waals surface area contributed by atoms with Gasteiger partial charge in [-0.1, -0.05) is 188 Å². The van der Waals surface area contributed by atoms with Crippen LogP contribution in [0.25, 0.3) is 133 Å². The van der Waals surface area contributed by atoms with Crippen LogP contribution in [0.2, 0.25) is 0 Å². The van der Waals surface area contributed by atoms with Gasteiger partial charge in [0.15, 0.2) is 0 Å². The van der Waals surface area contributed by atoms with Crippen molar-refractivity contribution >= 4 is 54.4 Å². The zero-order valence-corrected chi connectivity index (χ0v) is 36.0. The lowest BCUT2D eigenvalue weighted by molar-refractivity contribution is 1.18. The van der Waals surface area contributed by atoms with E-state index in [0.717, 1.165) is 5.69 Å². The minimum Gasteiger partial charge on any atom is -0.309 e. The minimum atomic E-state index is 1.15. The molecule has 66 heavy (non-hydrogen) atoms. The number of para-hydroxylation sites is 2. The topological polar surface area (TPSA) is 9.86 Å². The van der Waals surface area contributed by atoms with Gasteiger partial charge in [0.1, 0.15) is 0 Å². The molecule has 2 nitrogen and oxygen atoms in total. The molecular formula is C64H40N2. The highest BCUT2D eigenvalue weighted by atomic mass is 15.0. The summed E-state index contributed by atoms with van der Waals surface area (Å²) in [5, 5.41) is 7.53. The summed E-state index contributed by atoms with van der Waals surface area (Å²) in [6, 6.07) is 89.5. The first-order chi connectivity index (χ1) is 32.7. The summed E-state index contributed by atoms with van der Waals surface area (Å²) in [6.07, 6.45) is 0. The van der Waals surface area contributed by atoms with E-state index >= 15 is 0 Å². The molecule has 13 aromatic rings. The Hall–Kier alpha value is -8.72. The smallest absolute Gasteiger partial charge is 0.0619 e. The van der Waals surface area contributed by atoms with Crippen molar-refractivity contribution in [3.63, 3.8) is 0 Å². The Morgan fingerprint density at radius 1 is 0.227 bits per heavy atom. The fourth-order valence-electron chi connectivity index (χ4n) is 10.9. The molecule has 0 atom stereocenters. The SMILES string of the molecule is c1ccc(-c2ccc(-c3cccc(-n4c5ccccc5c5cc(-c6ccc(-c7ccc8c(c7)c7cccc9c7n8-c7cc8ccccc8cc7-c7ccccc7-9)cc6)ccc54)c3)cc2)cc1. The van der Waals surface area contributed by atoms with Crippen molar-refractivity contribution in [2.45, 2.75) is 0 Å². The molecule has 0 bridgehead atoms. The average molecular weight is 837 g/mol. The lowest BCUT2D eigenvalue weighted by Gasteiger charge is -2.14. The zero-order valence-electron chi connectivity index (χ0n) is 36.0. The molecule has 1 aliphatic heterocycles. The number of rotatable bonds is 5. The Morgan fingerprint density at radius 3 is 1.39 bits per heavy atom. The first kappa shape index (κ1) is 36.7. The molecule has 0 saturated heterocycles. The molecule has 14 rings (SSSR count). The predicted octanol–water partition coefficient (Wildman–Crippen LogP) is 17.3. The van der Waals surface area contributed by atoms with Gasteiger partial charge in [0, 0.05) is 38.4 Å². The molecule has 11 aromatic carbocycles. The third-order valence-corrected chi connectivity index (χ3v) is 14.1. The number of benzene rings is 11. The number of hydrogen-bond donors (Lipinski definition) is 0. The number of fused-ring (bicyclic) bond motifs is 12. The normalized spacial score (nSPS) is 11.9. The van der Waals surface area contributed by atoms with Gasteiger partial charge in [-0.2, -0.15) is 0 Å². The summed E-state index contributed by atoms with van der Waals surface area (Å²) in [4.78, 5) is 0. The van der Waals surface area contributed by atoms with Gasteiger partial charge in [-0.3, -0.25) is 0 Å². The van der Waals surface area contributed by atoms with Crippen molar-refractivity contribution in [1.82, 2.24) is 9.13 Å². The van der Waals surface area contributed by atoms with Gasteiger partial charge in [0.05, 0.1) is 27.8 Å². The van der Waals surface area contributed by atoms with Crippen LogP contribution in [0.1, 0.15) is 0 Å². The summed E-state index contributed by atoms with van der Waals surface area (Å²) in [7, 11) is 0. The van der Waals surface area contributed by atoms with E-state index in [0.29, 0.717) is 0 Å². The molecule has 306 valence electrons. The van der Waals surface area contributed by atoms with E-state index in [2.05, 4.69) is 252 Å². The van der Waals surface area contributed by atoms with Crippen LogP contribution in [0.15, 0.2) is 243 Å². The van der Waals surface area contributed by atoms with Crippen molar-refractivity contribution < 1.29 is 0 Å². The van der Waals surface area contributed by atoms with Gasteiger partial charge in [0.25, 0.3) is 0 Å². The standard InChI is InChI=1S/C64H40N2/c1-2-12-41(13-3-1)42-24-26-43(27-25-42)46-16-10-17-51(36-46)65-60-23-9-8-20-54(60)58-38-49(32-34-61(58)65)44-28-30-45(31-29-44)50-33-35-62-59(39-50)56-22-11-21-55-52-18-6-7-19-53(52)57-37-47-14-4-5-15-48(47)40-63(57)66(62)64(55)56/h1-40H. The van der Waals surface area contributed by atoms with Gasteiger partial charge < -0.3 is 9.13 Å². The van der Waals surface area contributed by atoms with Crippen LogP contribution in [-0.2, 0) is 0 Å². The van der Waals surface area contributed by atoms with Gasteiger partial charge in [-0.25, -0.2) is 0 Å². The number of hydrogen-bond acceptors (Lipinski definition) is 0. The van der Waals surface area contributed by atoms with Crippen LogP contribution in [0, 0.1) is 0 Å². The number of aromatic nitrogens is 2. The highest BCUT2D eigenvalue weighted by Crippen LogP contribution is 2.48. The minimum absolute atomic E-state index is 1.15. The molecule has 0 aliphatic carbocycles. The van der Waals surface area contributed by atoms with E-state index in [4.69, 9.17) is 0 Å². The molecule has 1 aliphatic rings. The van der Waals surface area contributed by atoms with E-state index in [-0.39, 0.29) is 0 Å². The van der Waals surface area contributed by atoms with Crippen molar-refractivity contribution in [2.24, 2.45) is 0 Å². The Bertz CT molecular complexity index is 4070. The molecular weight excluding hydrogens is 797 g/mol. The maximum Gasteiger partial charge on any atom is 0.0619 e. The van der Waals surface area contributed by atoms with Crippen LogP contribution < -0.4 is 0 Å². The van der Waals surface area contributed by atoms with E-state index in [1.807, 2.05) is 0 Å². The highest BCUT2D eigenvalue weighted by Gasteiger charge is 2.25. The third kappa shape index (κ3) is 5.62. The van der Waals surface area contributed by atoms with E-state index in [1.54, 1.807) is 0 Å². The molecule has 0 saturated carbocycles. The Kier molecular flexibility index (Phi) is 8.02. The maximum atomic E-state index is 2.52. The second-order valence-electron chi connectivity index (χ2n) is 17.7. The summed E-state index contributed by atoms with van der Waals surface area (Å²) in [5.74, 6) is 0. The maximum absolute atomic E-state index is 2.52. The van der Waals surface area contributed by atoms with Crippen LogP contribution in [0.5, 0.6) is 0 Å². The van der Waals surface area contributed by atoms with E-state index < -0.39 is 0 Å². The lowest BCUT2D eigenvalue weighted by atomic mass is 9.92. The van der Waals surface area contributed by atoms with Crippen molar-refractivity contribution in [1.29, 1.82) is 0 Å². The van der Waals surface area contributed by atoms with Crippen LogP contribution >= 0.6 is 0 Å². The van der Waals surface area contributed by atoms with E-state index in [1.165, 1.54) is 127 Å². The summed E-state index contributed by atoms with van der Waals surface area (Å²) in [6.45, 7) is 0. The monoisotopic (exact) mass is 836 g/mol. The molecule has 0 fully saturated rings. The fraction of sp³-hybridized carbons (Fsp3) is 0. The molecule has 0 N–H and O–H groups in total. The second-order valence-corrected chi connectivity index (χ2v) is 17.7. The fourth-order valence-corrected chi connectivity index (χ4v) is 10.9. The van der Waals surface area contributed by atoms with Gasteiger partial charge in [-0.05, 0) is 121 Å². The zero-order chi connectivity index (χ0) is 43.3.